The maximum absolute atomic E-state index is 5.93. The molecule has 1 atom stereocenters. The summed E-state index contributed by atoms with van der Waals surface area (Å²) < 4.78 is 5.93. The molecular formula is C17H22N2O. The third kappa shape index (κ3) is 3.36. The van der Waals surface area contributed by atoms with Crippen LogP contribution in [0.4, 0.5) is 0 Å². The van der Waals surface area contributed by atoms with Crippen LogP contribution in [0.2, 0.25) is 0 Å². The number of nitrogens with two attached hydrogens (primary N) is 1. The fourth-order valence-electron chi connectivity index (χ4n) is 1.93. The molecule has 3 nitrogen and oxygen atoms in total. The van der Waals surface area contributed by atoms with Crippen LogP contribution in [0.5, 0.6) is 11.5 Å². The summed E-state index contributed by atoms with van der Waals surface area (Å²) in [6, 6.07) is 10.1. The standard InChI is InChI=1S/C17H22N2O/c1-11(2)14-6-5-12(3)17(9-14)20-15-7-8-16(13(4)18)19-10-15/h5-11,13H,18H2,1-4H3/t13-/m0/s1. The van der Waals surface area contributed by atoms with Gasteiger partial charge in [-0.1, -0.05) is 26.0 Å². The third-order valence-electron chi connectivity index (χ3n) is 3.33. The normalized spacial score (nSPS) is 12.5. The van der Waals surface area contributed by atoms with Crippen molar-refractivity contribution in [2.24, 2.45) is 5.73 Å². The van der Waals surface area contributed by atoms with Gasteiger partial charge in [-0.25, -0.2) is 0 Å². The number of hydrogen-bond donors (Lipinski definition) is 1. The van der Waals surface area contributed by atoms with Gasteiger partial charge in [-0.3, -0.25) is 4.98 Å². The molecule has 1 heterocycles. The lowest BCUT2D eigenvalue weighted by atomic mass is 10.0. The number of hydrogen-bond acceptors (Lipinski definition) is 3. The zero-order chi connectivity index (χ0) is 14.7. The zero-order valence-electron chi connectivity index (χ0n) is 12.6. The lowest BCUT2D eigenvalue weighted by molar-refractivity contribution is 0.474. The monoisotopic (exact) mass is 270 g/mol. The van der Waals surface area contributed by atoms with Crippen LogP contribution in [-0.4, -0.2) is 4.98 Å². The molecule has 20 heavy (non-hydrogen) atoms. The Bertz CT molecular complexity index is 574. The van der Waals surface area contributed by atoms with Crippen molar-refractivity contribution in [2.75, 3.05) is 0 Å². The summed E-state index contributed by atoms with van der Waals surface area (Å²) in [5.74, 6) is 2.10. The molecule has 106 valence electrons. The number of nitrogens with zero attached hydrogens (tertiary/aromatic N) is 1. The first-order valence-electron chi connectivity index (χ1n) is 6.97. The van der Waals surface area contributed by atoms with Gasteiger partial charge in [0.25, 0.3) is 0 Å². The van der Waals surface area contributed by atoms with Gasteiger partial charge in [-0.2, -0.15) is 0 Å². The molecule has 2 rings (SSSR count). The lowest BCUT2D eigenvalue weighted by Gasteiger charge is -2.13. The van der Waals surface area contributed by atoms with Crippen LogP contribution in [0, 0.1) is 6.92 Å². The smallest absolute Gasteiger partial charge is 0.145 e. The molecule has 0 aliphatic rings. The van der Waals surface area contributed by atoms with Crippen molar-refractivity contribution in [3.8, 4) is 11.5 Å². The molecule has 0 unspecified atom stereocenters. The Morgan fingerprint density at radius 2 is 1.85 bits per heavy atom. The molecule has 1 aromatic carbocycles. The number of rotatable bonds is 4. The van der Waals surface area contributed by atoms with Crippen molar-refractivity contribution in [2.45, 2.75) is 39.7 Å². The van der Waals surface area contributed by atoms with Gasteiger partial charge in [0.1, 0.15) is 11.5 Å². The highest BCUT2D eigenvalue weighted by atomic mass is 16.5. The fraction of sp³-hybridized carbons (Fsp3) is 0.353. The third-order valence-corrected chi connectivity index (χ3v) is 3.33. The molecule has 0 bridgehead atoms. The van der Waals surface area contributed by atoms with Gasteiger partial charge >= 0.3 is 0 Å². The molecule has 0 aliphatic carbocycles. The number of benzene rings is 1. The van der Waals surface area contributed by atoms with Crippen LogP contribution in [0.1, 0.15) is 49.6 Å². The van der Waals surface area contributed by atoms with Gasteiger partial charge < -0.3 is 10.5 Å². The largest absolute Gasteiger partial charge is 0.455 e. The van der Waals surface area contributed by atoms with Gasteiger partial charge in [0, 0.05) is 6.04 Å². The first-order chi connectivity index (χ1) is 9.47. The Balaban J connectivity index is 2.23. The Morgan fingerprint density at radius 3 is 2.40 bits per heavy atom. The van der Waals surface area contributed by atoms with Gasteiger partial charge in [0.2, 0.25) is 0 Å². The van der Waals surface area contributed by atoms with Crippen molar-refractivity contribution in [3.63, 3.8) is 0 Å². The van der Waals surface area contributed by atoms with Crippen LogP contribution in [0.3, 0.4) is 0 Å². The summed E-state index contributed by atoms with van der Waals surface area (Å²) in [6.07, 6.45) is 1.72. The highest BCUT2D eigenvalue weighted by Crippen LogP contribution is 2.28. The Hall–Kier alpha value is -1.87. The van der Waals surface area contributed by atoms with Crippen molar-refractivity contribution in [1.82, 2.24) is 4.98 Å². The molecule has 1 aromatic heterocycles. The molecule has 2 N–H and O–H groups in total. The molecule has 0 spiro atoms. The summed E-state index contributed by atoms with van der Waals surface area (Å²) in [6.45, 7) is 8.31. The van der Waals surface area contributed by atoms with E-state index >= 15 is 0 Å². The molecule has 3 heteroatoms. The highest BCUT2D eigenvalue weighted by molar-refractivity contribution is 5.40. The summed E-state index contributed by atoms with van der Waals surface area (Å²) in [4.78, 5) is 4.31. The predicted octanol–water partition coefficient (Wildman–Crippen LogP) is 4.33. The number of pyridine rings is 1. The molecular weight excluding hydrogens is 248 g/mol. The van der Waals surface area contributed by atoms with E-state index in [0.717, 1.165) is 22.8 Å². The summed E-state index contributed by atoms with van der Waals surface area (Å²) in [5, 5.41) is 0. The molecule has 0 aliphatic heterocycles. The molecule has 0 saturated heterocycles. The average Bonchev–Trinajstić information content (AvgIpc) is 2.41. The van der Waals surface area contributed by atoms with Crippen molar-refractivity contribution in [1.29, 1.82) is 0 Å². The number of ether oxygens (including phenoxy) is 1. The van der Waals surface area contributed by atoms with E-state index in [9.17, 15) is 0 Å². The second-order valence-corrected chi connectivity index (χ2v) is 5.49. The van der Waals surface area contributed by atoms with Crippen LogP contribution < -0.4 is 10.5 Å². The van der Waals surface area contributed by atoms with Crippen LogP contribution in [0.15, 0.2) is 36.5 Å². The van der Waals surface area contributed by atoms with Crippen molar-refractivity contribution < 1.29 is 4.74 Å². The molecule has 0 radical (unpaired) electrons. The minimum atomic E-state index is -0.0601. The molecule has 0 fully saturated rings. The Kier molecular flexibility index (Phi) is 4.40. The minimum Gasteiger partial charge on any atom is -0.455 e. The van der Waals surface area contributed by atoms with Gasteiger partial charge in [-0.05, 0) is 49.1 Å². The summed E-state index contributed by atoms with van der Waals surface area (Å²) in [5.41, 5.74) is 9.04. The van der Waals surface area contributed by atoms with Gasteiger partial charge in [0.15, 0.2) is 0 Å². The first-order valence-corrected chi connectivity index (χ1v) is 6.97. The Morgan fingerprint density at radius 1 is 1.10 bits per heavy atom. The first kappa shape index (κ1) is 14.5. The maximum Gasteiger partial charge on any atom is 0.145 e. The topological polar surface area (TPSA) is 48.1 Å². The second kappa shape index (κ2) is 6.06. The van der Waals surface area contributed by atoms with Gasteiger partial charge in [-0.15, -0.1) is 0 Å². The van der Waals surface area contributed by atoms with E-state index in [1.54, 1.807) is 6.20 Å². The maximum atomic E-state index is 5.93. The van der Waals surface area contributed by atoms with E-state index in [0.29, 0.717) is 5.92 Å². The van der Waals surface area contributed by atoms with E-state index < -0.39 is 0 Å². The van der Waals surface area contributed by atoms with Crippen LogP contribution in [0.25, 0.3) is 0 Å². The van der Waals surface area contributed by atoms with Crippen LogP contribution >= 0.6 is 0 Å². The highest BCUT2D eigenvalue weighted by Gasteiger charge is 2.07. The van der Waals surface area contributed by atoms with E-state index in [4.69, 9.17) is 10.5 Å². The lowest BCUT2D eigenvalue weighted by Crippen LogP contribution is -2.06. The molecule has 0 saturated carbocycles. The SMILES string of the molecule is Cc1ccc(C(C)C)cc1Oc1ccc([C@H](C)N)nc1. The molecule has 0 amide bonds. The van der Waals surface area contributed by atoms with E-state index in [2.05, 4.69) is 37.0 Å². The fourth-order valence-corrected chi connectivity index (χ4v) is 1.93. The predicted molar refractivity (Wildman–Crippen MR) is 82.2 cm³/mol. The summed E-state index contributed by atoms with van der Waals surface area (Å²) in [7, 11) is 0. The zero-order valence-corrected chi connectivity index (χ0v) is 12.6. The minimum absolute atomic E-state index is 0.0601. The Labute approximate surface area is 120 Å². The quantitative estimate of drug-likeness (QED) is 0.899. The van der Waals surface area contributed by atoms with Crippen LogP contribution in [-0.2, 0) is 0 Å². The van der Waals surface area contributed by atoms with Crippen molar-refractivity contribution >= 4 is 0 Å². The van der Waals surface area contributed by atoms with Crippen molar-refractivity contribution in [3.05, 3.63) is 53.3 Å². The van der Waals surface area contributed by atoms with Gasteiger partial charge in [0.05, 0.1) is 11.9 Å². The second-order valence-electron chi connectivity index (χ2n) is 5.49. The number of aromatic nitrogens is 1. The molecule has 2 aromatic rings. The van der Waals surface area contributed by atoms with E-state index in [-0.39, 0.29) is 6.04 Å². The number of aryl methyl sites for hydroxylation is 1. The van der Waals surface area contributed by atoms with E-state index in [1.165, 1.54) is 5.56 Å². The average molecular weight is 270 g/mol. The van der Waals surface area contributed by atoms with E-state index in [1.807, 2.05) is 26.0 Å². The summed E-state index contributed by atoms with van der Waals surface area (Å²) >= 11 is 0.